The number of nitrogens with zero attached hydrogens (tertiary/aromatic N) is 2. The molecule has 1 unspecified atom stereocenters. The van der Waals surface area contributed by atoms with E-state index in [9.17, 15) is 9.59 Å². The first-order valence-electron chi connectivity index (χ1n) is 8.87. The third kappa shape index (κ3) is 3.45. The Morgan fingerprint density at radius 3 is 2.72 bits per heavy atom. The third-order valence-corrected chi connectivity index (χ3v) is 5.02. The van der Waals surface area contributed by atoms with Crippen LogP contribution < -0.4 is 5.63 Å². The van der Waals surface area contributed by atoms with Crippen LogP contribution in [0.25, 0.3) is 11.0 Å². The van der Waals surface area contributed by atoms with E-state index >= 15 is 0 Å². The van der Waals surface area contributed by atoms with Crippen LogP contribution in [0.2, 0.25) is 0 Å². The summed E-state index contributed by atoms with van der Waals surface area (Å²) >= 11 is 0. The van der Waals surface area contributed by atoms with Gasteiger partial charge >= 0.3 is 5.63 Å². The van der Waals surface area contributed by atoms with Crippen molar-refractivity contribution in [3.8, 4) is 0 Å². The molecule has 2 fully saturated rings. The van der Waals surface area contributed by atoms with Gasteiger partial charge in [-0.05, 0) is 25.0 Å². The highest BCUT2D eigenvalue weighted by molar-refractivity contribution is 5.96. The summed E-state index contributed by atoms with van der Waals surface area (Å²) in [6.07, 6.45) is 2.59. The summed E-state index contributed by atoms with van der Waals surface area (Å²) in [5.41, 5.74) is 0.0576. The number of piperazine rings is 1. The second-order valence-corrected chi connectivity index (χ2v) is 6.71. The van der Waals surface area contributed by atoms with E-state index in [1.165, 1.54) is 0 Å². The average molecular weight is 342 g/mol. The van der Waals surface area contributed by atoms with Crippen molar-refractivity contribution in [3.63, 3.8) is 0 Å². The number of benzene rings is 1. The Morgan fingerprint density at radius 2 is 1.96 bits per heavy atom. The summed E-state index contributed by atoms with van der Waals surface area (Å²) < 4.78 is 11.0. The minimum atomic E-state index is -0.564. The van der Waals surface area contributed by atoms with Crippen molar-refractivity contribution in [1.29, 1.82) is 0 Å². The SMILES string of the molecule is O=C(c1cc2ccccc2oc1=O)N1CCN(CC2CCCO2)CC1. The molecule has 0 radical (unpaired) electrons. The van der Waals surface area contributed by atoms with E-state index in [2.05, 4.69) is 4.90 Å². The van der Waals surface area contributed by atoms with Gasteiger partial charge in [0.2, 0.25) is 0 Å². The Kier molecular flexibility index (Phi) is 4.55. The van der Waals surface area contributed by atoms with Gasteiger partial charge in [-0.25, -0.2) is 4.79 Å². The molecule has 1 aromatic heterocycles. The minimum absolute atomic E-state index is 0.117. The average Bonchev–Trinajstić information content (AvgIpc) is 3.14. The van der Waals surface area contributed by atoms with Crippen LogP contribution in [-0.4, -0.2) is 61.1 Å². The maximum absolute atomic E-state index is 12.7. The number of rotatable bonds is 3. The minimum Gasteiger partial charge on any atom is -0.422 e. The first-order valence-corrected chi connectivity index (χ1v) is 8.87. The maximum Gasteiger partial charge on any atom is 0.349 e. The lowest BCUT2D eigenvalue weighted by molar-refractivity contribution is 0.0431. The summed E-state index contributed by atoms with van der Waals surface area (Å²) in [6.45, 7) is 4.66. The van der Waals surface area contributed by atoms with Crippen molar-refractivity contribution in [1.82, 2.24) is 9.80 Å². The molecule has 3 heterocycles. The molecule has 132 valence electrons. The zero-order valence-electron chi connectivity index (χ0n) is 14.1. The predicted molar refractivity (Wildman–Crippen MR) is 93.8 cm³/mol. The van der Waals surface area contributed by atoms with E-state index in [1.807, 2.05) is 12.1 Å². The Hall–Kier alpha value is -2.18. The summed E-state index contributed by atoms with van der Waals surface area (Å²) in [6, 6.07) is 8.88. The standard InChI is InChI=1S/C19H22N2O4/c22-18(16-12-14-4-1-2-6-17(14)25-19(16)23)21-9-7-20(8-10-21)13-15-5-3-11-24-15/h1-2,4,6,12,15H,3,5,7-11,13H2. The Morgan fingerprint density at radius 1 is 1.16 bits per heavy atom. The molecule has 0 aliphatic carbocycles. The van der Waals surface area contributed by atoms with E-state index in [0.717, 1.165) is 44.5 Å². The van der Waals surface area contributed by atoms with E-state index < -0.39 is 5.63 Å². The van der Waals surface area contributed by atoms with Gasteiger partial charge in [0.1, 0.15) is 11.1 Å². The first kappa shape index (κ1) is 16.3. The first-order chi connectivity index (χ1) is 12.2. The highest BCUT2D eigenvalue weighted by atomic mass is 16.5. The molecule has 25 heavy (non-hydrogen) atoms. The van der Waals surface area contributed by atoms with Gasteiger partial charge in [0.25, 0.3) is 5.91 Å². The van der Waals surface area contributed by atoms with Gasteiger partial charge in [0, 0.05) is 44.7 Å². The van der Waals surface area contributed by atoms with Gasteiger partial charge in [0.15, 0.2) is 0 Å². The fourth-order valence-corrected chi connectivity index (χ4v) is 3.59. The molecule has 2 aliphatic heterocycles. The Labute approximate surface area is 146 Å². The molecule has 2 aromatic rings. The molecule has 6 heteroatoms. The monoisotopic (exact) mass is 342 g/mol. The number of fused-ring (bicyclic) bond motifs is 1. The van der Waals surface area contributed by atoms with Gasteiger partial charge in [0.05, 0.1) is 6.10 Å². The highest BCUT2D eigenvalue weighted by Crippen LogP contribution is 2.16. The molecule has 1 amide bonds. The summed E-state index contributed by atoms with van der Waals surface area (Å²) in [5, 5.41) is 0.766. The van der Waals surface area contributed by atoms with Crippen molar-refractivity contribution >= 4 is 16.9 Å². The Balaban J connectivity index is 1.43. The normalized spacial score (nSPS) is 21.8. The molecule has 0 N–H and O–H groups in total. The molecule has 0 spiro atoms. The number of carbonyl (C=O) groups is 1. The van der Waals surface area contributed by atoms with E-state index in [0.29, 0.717) is 24.8 Å². The lowest BCUT2D eigenvalue weighted by Gasteiger charge is -2.35. The molecular weight excluding hydrogens is 320 g/mol. The van der Waals surface area contributed by atoms with Gasteiger partial charge in [-0.2, -0.15) is 0 Å². The molecule has 6 nitrogen and oxygen atoms in total. The van der Waals surface area contributed by atoms with Gasteiger partial charge < -0.3 is 14.1 Å². The number of hydrogen-bond donors (Lipinski definition) is 0. The Bertz CT molecular complexity index is 818. The lowest BCUT2D eigenvalue weighted by atomic mass is 10.1. The zero-order chi connectivity index (χ0) is 17.2. The van der Waals surface area contributed by atoms with Gasteiger partial charge in [-0.1, -0.05) is 18.2 Å². The quantitative estimate of drug-likeness (QED) is 0.795. The summed E-state index contributed by atoms with van der Waals surface area (Å²) in [5.74, 6) is -0.240. The van der Waals surface area contributed by atoms with Crippen molar-refractivity contribution in [2.75, 3.05) is 39.3 Å². The summed E-state index contributed by atoms with van der Waals surface area (Å²) in [4.78, 5) is 29.0. The molecule has 2 saturated heterocycles. The summed E-state index contributed by atoms with van der Waals surface area (Å²) in [7, 11) is 0. The second-order valence-electron chi connectivity index (χ2n) is 6.71. The van der Waals surface area contributed by atoms with Crippen molar-refractivity contribution in [2.45, 2.75) is 18.9 Å². The van der Waals surface area contributed by atoms with Crippen LogP contribution in [0.3, 0.4) is 0 Å². The van der Waals surface area contributed by atoms with Crippen molar-refractivity contribution < 1.29 is 13.9 Å². The van der Waals surface area contributed by atoms with E-state index in [-0.39, 0.29) is 11.5 Å². The number of ether oxygens (including phenoxy) is 1. The van der Waals surface area contributed by atoms with Crippen molar-refractivity contribution in [2.24, 2.45) is 0 Å². The molecular formula is C19H22N2O4. The molecule has 1 atom stereocenters. The number of carbonyl (C=O) groups excluding carboxylic acids is 1. The zero-order valence-corrected chi connectivity index (χ0v) is 14.1. The van der Waals surface area contributed by atoms with Gasteiger partial charge in [-0.15, -0.1) is 0 Å². The molecule has 0 bridgehead atoms. The molecule has 0 saturated carbocycles. The van der Waals surface area contributed by atoms with Crippen LogP contribution >= 0.6 is 0 Å². The van der Waals surface area contributed by atoms with Crippen LogP contribution in [0, 0.1) is 0 Å². The van der Waals surface area contributed by atoms with E-state index in [4.69, 9.17) is 9.15 Å². The maximum atomic E-state index is 12.7. The van der Waals surface area contributed by atoms with Crippen LogP contribution in [0.1, 0.15) is 23.2 Å². The molecule has 4 rings (SSSR count). The number of hydrogen-bond acceptors (Lipinski definition) is 5. The topological polar surface area (TPSA) is 63.0 Å². The number of para-hydroxylation sites is 1. The molecule has 1 aromatic carbocycles. The second kappa shape index (κ2) is 6.98. The molecule has 2 aliphatic rings. The predicted octanol–water partition coefficient (Wildman–Crippen LogP) is 1.73. The third-order valence-electron chi connectivity index (χ3n) is 5.02. The van der Waals surface area contributed by atoms with Crippen LogP contribution in [0.15, 0.2) is 39.5 Å². The fraction of sp³-hybridized carbons (Fsp3) is 0.474. The van der Waals surface area contributed by atoms with E-state index in [1.54, 1.807) is 23.1 Å². The fourth-order valence-electron chi connectivity index (χ4n) is 3.59. The van der Waals surface area contributed by atoms with Crippen LogP contribution in [0.5, 0.6) is 0 Å². The van der Waals surface area contributed by atoms with Crippen LogP contribution in [0.4, 0.5) is 0 Å². The number of amides is 1. The van der Waals surface area contributed by atoms with Crippen molar-refractivity contribution in [3.05, 3.63) is 46.3 Å². The lowest BCUT2D eigenvalue weighted by Crippen LogP contribution is -2.50. The van der Waals surface area contributed by atoms with Gasteiger partial charge in [-0.3, -0.25) is 9.69 Å². The smallest absolute Gasteiger partial charge is 0.349 e. The largest absolute Gasteiger partial charge is 0.422 e. The highest BCUT2D eigenvalue weighted by Gasteiger charge is 2.27. The van der Waals surface area contributed by atoms with Crippen LogP contribution in [-0.2, 0) is 4.74 Å².